The van der Waals surface area contributed by atoms with Gasteiger partial charge in [0.2, 0.25) is 0 Å². The Hall–Kier alpha value is -1.24. The zero-order valence-corrected chi connectivity index (χ0v) is 10.4. The summed E-state index contributed by atoms with van der Waals surface area (Å²) in [5.74, 6) is 6.36. The summed E-state index contributed by atoms with van der Waals surface area (Å²) in [5, 5.41) is 0. The lowest BCUT2D eigenvalue weighted by molar-refractivity contribution is 0.146. The molecule has 17 heavy (non-hydrogen) atoms. The third kappa shape index (κ3) is 5.08. The van der Waals surface area contributed by atoms with Crippen molar-refractivity contribution >= 4 is 11.6 Å². The van der Waals surface area contributed by atoms with Crippen LogP contribution in [0.15, 0.2) is 18.2 Å². The summed E-state index contributed by atoms with van der Waals surface area (Å²) < 4.78 is 23.3. The maximum Gasteiger partial charge on any atom is 0.137 e. The number of benzene rings is 1. The van der Waals surface area contributed by atoms with E-state index in [1.807, 2.05) is 0 Å². The minimum atomic E-state index is -0.347. The average Bonchev–Trinajstić information content (AvgIpc) is 2.32. The van der Waals surface area contributed by atoms with Gasteiger partial charge in [-0.2, -0.15) is 0 Å². The first kappa shape index (κ1) is 13.8. The Morgan fingerprint density at radius 3 is 2.88 bits per heavy atom. The second kappa shape index (κ2) is 7.94. The Labute approximate surface area is 106 Å². The van der Waals surface area contributed by atoms with Crippen molar-refractivity contribution in [2.45, 2.75) is 6.42 Å². The number of ether oxygens (including phenoxy) is 2. The van der Waals surface area contributed by atoms with Crippen molar-refractivity contribution in [3.05, 3.63) is 29.6 Å². The van der Waals surface area contributed by atoms with Crippen LogP contribution in [0.1, 0.15) is 12.0 Å². The summed E-state index contributed by atoms with van der Waals surface area (Å²) in [4.78, 5) is 0. The highest BCUT2D eigenvalue weighted by Gasteiger charge is 2.03. The van der Waals surface area contributed by atoms with E-state index in [-0.39, 0.29) is 5.82 Å². The third-order valence-corrected chi connectivity index (χ3v) is 2.12. The lowest BCUT2D eigenvalue weighted by Crippen LogP contribution is -2.05. The number of methoxy groups -OCH3 is 1. The summed E-state index contributed by atoms with van der Waals surface area (Å²) >= 11 is 5.52. The van der Waals surface area contributed by atoms with Crippen LogP contribution < -0.4 is 4.74 Å². The van der Waals surface area contributed by atoms with E-state index in [0.29, 0.717) is 36.8 Å². The van der Waals surface area contributed by atoms with Crippen molar-refractivity contribution < 1.29 is 13.9 Å². The van der Waals surface area contributed by atoms with Crippen LogP contribution in [0.2, 0.25) is 0 Å². The van der Waals surface area contributed by atoms with Gasteiger partial charge in [-0.3, -0.25) is 0 Å². The molecule has 0 aliphatic carbocycles. The Kier molecular flexibility index (Phi) is 6.46. The van der Waals surface area contributed by atoms with E-state index in [4.69, 9.17) is 21.1 Å². The summed E-state index contributed by atoms with van der Waals surface area (Å²) in [6.45, 7) is 0.815. The highest BCUT2D eigenvalue weighted by Crippen LogP contribution is 2.19. The van der Waals surface area contributed by atoms with Crippen LogP contribution in [0.3, 0.4) is 0 Å². The van der Waals surface area contributed by atoms with Crippen molar-refractivity contribution in [3.63, 3.8) is 0 Å². The number of hydrogen-bond acceptors (Lipinski definition) is 2. The molecule has 0 N–H and O–H groups in total. The molecular weight excluding hydrogens is 243 g/mol. The molecule has 1 rings (SSSR count). The van der Waals surface area contributed by atoms with Gasteiger partial charge >= 0.3 is 0 Å². The van der Waals surface area contributed by atoms with Crippen LogP contribution in [0.25, 0.3) is 0 Å². The first-order valence-electron chi connectivity index (χ1n) is 5.24. The largest absolute Gasteiger partial charge is 0.490 e. The van der Waals surface area contributed by atoms with Crippen LogP contribution >= 0.6 is 11.6 Å². The number of alkyl halides is 1. The molecule has 0 spiro atoms. The zero-order valence-electron chi connectivity index (χ0n) is 9.63. The molecule has 0 bridgehead atoms. The third-order valence-electron chi connectivity index (χ3n) is 1.93. The molecule has 0 saturated heterocycles. The zero-order chi connectivity index (χ0) is 12.5. The van der Waals surface area contributed by atoms with E-state index in [1.54, 1.807) is 13.2 Å². The first-order chi connectivity index (χ1) is 8.27. The van der Waals surface area contributed by atoms with E-state index >= 15 is 0 Å². The fraction of sp³-hybridized carbons (Fsp3) is 0.385. The highest BCUT2D eigenvalue weighted by molar-refractivity contribution is 6.18. The normalized spacial score (nSPS) is 9.59. The van der Waals surface area contributed by atoms with Gasteiger partial charge in [-0.1, -0.05) is 11.8 Å². The molecule has 92 valence electrons. The molecule has 0 aliphatic rings. The van der Waals surface area contributed by atoms with Crippen molar-refractivity contribution in [3.8, 4) is 17.6 Å². The summed E-state index contributed by atoms with van der Waals surface area (Å²) in [6.07, 6.45) is 0.594. The van der Waals surface area contributed by atoms with E-state index in [0.717, 1.165) is 0 Å². The van der Waals surface area contributed by atoms with Crippen LogP contribution in [0.5, 0.6) is 5.75 Å². The molecule has 0 atom stereocenters. The Balaban J connectivity index is 2.77. The molecule has 0 unspecified atom stereocenters. The predicted molar refractivity (Wildman–Crippen MR) is 66.0 cm³/mol. The Morgan fingerprint density at radius 1 is 1.35 bits per heavy atom. The minimum absolute atomic E-state index is 0.347. The molecule has 0 aromatic heterocycles. The van der Waals surface area contributed by atoms with Crippen LogP contribution in [-0.4, -0.2) is 26.2 Å². The SMILES string of the molecule is COCCOc1cc(F)ccc1C#CCCCl. The van der Waals surface area contributed by atoms with Gasteiger partial charge in [0.25, 0.3) is 0 Å². The van der Waals surface area contributed by atoms with E-state index in [1.165, 1.54) is 12.1 Å². The van der Waals surface area contributed by atoms with E-state index < -0.39 is 0 Å². The fourth-order valence-electron chi connectivity index (χ4n) is 1.16. The molecule has 0 saturated carbocycles. The van der Waals surface area contributed by atoms with Crippen molar-refractivity contribution in [1.29, 1.82) is 0 Å². The molecule has 0 aliphatic heterocycles. The van der Waals surface area contributed by atoms with Gasteiger partial charge in [-0.15, -0.1) is 11.6 Å². The topological polar surface area (TPSA) is 18.5 Å². The lowest BCUT2D eigenvalue weighted by atomic mass is 10.2. The van der Waals surface area contributed by atoms with Crippen molar-refractivity contribution in [1.82, 2.24) is 0 Å². The molecule has 2 nitrogen and oxygen atoms in total. The van der Waals surface area contributed by atoms with Gasteiger partial charge in [0.15, 0.2) is 0 Å². The van der Waals surface area contributed by atoms with Crippen molar-refractivity contribution in [2.75, 3.05) is 26.2 Å². The van der Waals surface area contributed by atoms with E-state index in [2.05, 4.69) is 11.8 Å². The second-order valence-corrected chi connectivity index (χ2v) is 3.60. The van der Waals surface area contributed by atoms with Crippen LogP contribution in [0, 0.1) is 17.7 Å². The summed E-state index contributed by atoms with van der Waals surface area (Å²) in [7, 11) is 1.58. The molecule has 0 radical (unpaired) electrons. The minimum Gasteiger partial charge on any atom is -0.490 e. The predicted octanol–water partition coefficient (Wildman–Crippen LogP) is 2.83. The first-order valence-corrected chi connectivity index (χ1v) is 5.77. The summed E-state index contributed by atoms with van der Waals surface area (Å²) in [6, 6.07) is 4.27. The molecule has 0 amide bonds. The number of hydrogen-bond donors (Lipinski definition) is 0. The second-order valence-electron chi connectivity index (χ2n) is 3.22. The fourth-order valence-corrected chi connectivity index (χ4v) is 1.25. The van der Waals surface area contributed by atoms with Crippen LogP contribution in [-0.2, 0) is 4.74 Å². The van der Waals surface area contributed by atoms with E-state index in [9.17, 15) is 4.39 Å². The van der Waals surface area contributed by atoms with Gasteiger partial charge in [-0.25, -0.2) is 4.39 Å². The highest BCUT2D eigenvalue weighted by atomic mass is 35.5. The average molecular weight is 257 g/mol. The Bertz CT molecular complexity index is 410. The lowest BCUT2D eigenvalue weighted by Gasteiger charge is -2.07. The summed E-state index contributed by atoms with van der Waals surface area (Å²) in [5.41, 5.74) is 0.660. The maximum absolute atomic E-state index is 13.1. The maximum atomic E-state index is 13.1. The molecule has 0 fully saturated rings. The van der Waals surface area contributed by atoms with Gasteiger partial charge in [0, 0.05) is 25.5 Å². The quantitative estimate of drug-likeness (QED) is 0.458. The number of halogens is 2. The van der Waals surface area contributed by atoms with Gasteiger partial charge < -0.3 is 9.47 Å². The van der Waals surface area contributed by atoms with Crippen molar-refractivity contribution in [2.24, 2.45) is 0 Å². The van der Waals surface area contributed by atoms with Gasteiger partial charge in [0.1, 0.15) is 18.2 Å². The Morgan fingerprint density at radius 2 is 2.18 bits per heavy atom. The molecular formula is C13H14ClFO2. The molecule has 4 heteroatoms. The van der Waals surface area contributed by atoms with Gasteiger partial charge in [0.05, 0.1) is 12.2 Å². The molecule has 1 aromatic carbocycles. The monoisotopic (exact) mass is 256 g/mol. The molecule has 1 aromatic rings. The smallest absolute Gasteiger partial charge is 0.137 e. The molecule has 0 heterocycles. The number of rotatable bonds is 5. The van der Waals surface area contributed by atoms with Crippen LogP contribution in [0.4, 0.5) is 4.39 Å². The standard InChI is InChI=1S/C13H14ClFO2/c1-16-8-9-17-13-10-12(15)6-5-11(13)4-2-3-7-14/h5-6,10H,3,7-9H2,1H3. The van der Waals surface area contributed by atoms with Gasteiger partial charge in [-0.05, 0) is 12.1 Å².